The van der Waals surface area contributed by atoms with Gasteiger partial charge in [-0.05, 0) is 36.2 Å². The van der Waals surface area contributed by atoms with E-state index in [1.807, 2.05) is 13.0 Å². The van der Waals surface area contributed by atoms with Crippen molar-refractivity contribution in [1.82, 2.24) is 4.57 Å². The number of rotatable bonds is 6. The Balaban J connectivity index is 1.95. The average Bonchev–Trinajstić information content (AvgIpc) is 2.48. The number of pyridine rings is 1. The standard InChI is InChI=1S/C16H17F2NO2S/c1-11(13-3-5-14(6-4-13)21-16(17)18)22-10-12-7-8-19(2)15(20)9-12/h3-9,11,16H,10H2,1-2H3. The second-order valence-electron chi connectivity index (χ2n) is 4.88. The lowest BCUT2D eigenvalue weighted by Gasteiger charge is -2.13. The Hall–Kier alpha value is -1.82. The number of aryl methyl sites for hydroxylation is 1. The molecular weight excluding hydrogens is 308 g/mol. The zero-order valence-corrected chi connectivity index (χ0v) is 13.1. The van der Waals surface area contributed by atoms with Crippen LogP contribution in [0.1, 0.15) is 23.3 Å². The monoisotopic (exact) mass is 325 g/mol. The molecule has 0 saturated carbocycles. The molecule has 1 unspecified atom stereocenters. The van der Waals surface area contributed by atoms with Crippen molar-refractivity contribution in [2.45, 2.75) is 24.5 Å². The molecule has 0 saturated heterocycles. The number of benzene rings is 1. The highest BCUT2D eigenvalue weighted by Crippen LogP contribution is 2.31. The van der Waals surface area contributed by atoms with Gasteiger partial charge in [-0.15, -0.1) is 11.8 Å². The molecule has 0 aliphatic rings. The van der Waals surface area contributed by atoms with Crippen molar-refractivity contribution in [3.63, 3.8) is 0 Å². The van der Waals surface area contributed by atoms with Gasteiger partial charge in [0.2, 0.25) is 0 Å². The fourth-order valence-electron chi connectivity index (χ4n) is 1.92. The lowest BCUT2D eigenvalue weighted by Crippen LogP contribution is -2.14. The van der Waals surface area contributed by atoms with Gasteiger partial charge < -0.3 is 9.30 Å². The molecule has 0 amide bonds. The summed E-state index contributed by atoms with van der Waals surface area (Å²) in [6.07, 6.45) is 1.75. The van der Waals surface area contributed by atoms with Crippen LogP contribution in [0.5, 0.6) is 5.75 Å². The molecule has 0 spiro atoms. The zero-order valence-electron chi connectivity index (χ0n) is 12.3. The summed E-state index contributed by atoms with van der Waals surface area (Å²) in [6.45, 7) is -0.771. The van der Waals surface area contributed by atoms with Crippen molar-refractivity contribution in [2.75, 3.05) is 0 Å². The molecule has 1 aromatic carbocycles. The first-order chi connectivity index (χ1) is 10.5. The fourth-order valence-corrected chi connectivity index (χ4v) is 2.89. The predicted octanol–water partition coefficient (Wildman–Crippen LogP) is 3.98. The van der Waals surface area contributed by atoms with Gasteiger partial charge in [-0.2, -0.15) is 8.78 Å². The first kappa shape index (κ1) is 16.5. The summed E-state index contributed by atoms with van der Waals surface area (Å²) in [7, 11) is 1.71. The number of aromatic nitrogens is 1. The Labute approximate surface area is 131 Å². The fraction of sp³-hybridized carbons (Fsp3) is 0.312. The molecular formula is C16H17F2NO2S. The molecule has 118 valence electrons. The molecule has 0 N–H and O–H groups in total. The van der Waals surface area contributed by atoms with E-state index in [9.17, 15) is 13.6 Å². The summed E-state index contributed by atoms with van der Waals surface area (Å²) >= 11 is 1.68. The summed E-state index contributed by atoms with van der Waals surface area (Å²) in [5.74, 6) is 0.870. The van der Waals surface area contributed by atoms with E-state index < -0.39 is 6.61 Å². The highest BCUT2D eigenvalue weighted by Gasteiger charge is 2.09. The highest BCUT2D eigenvalue weighted by molar-refractivity contribution is 7.98. The quantitative estimate of drug-likeness (QED) is 0.805. The van der Waals surface area contributed by atoms with Crippen molar-refractivity contribution in [1.29, 1.82) is 0 Å². The van der Waals surface area contributed by atoms with Crippen LogP contribution < -0.4 is 10.3 Å². The number of hydrogen-bond donors (Lipinski definition) is 0. The van der Waals surface area contributed by atoms with Gasteiger partial charge in [-0.1, -0.05) is 12.1 Å². The first-order valence-electron chi connectivity index (χ1n) is 6.77. The molecule has 22 heavy (non-hydrogen) atoms. The lowest BCUT2D eigenvalue weighted by atomic mass is 10.1. The Kier molecular flexibility index (Phi) is 5.60. The highest BCUT2D eigenvalue weighted by atomic mass is 32.2. The molecule has 0 radical (unpaired) electrons. The third-order valence-corrected chi connectivity index (χ3v) is 4.52. The molecule has 0 fully saturated rings. The van der Waals surface area contributed by atoms with Gasteiger partial charge in [0.25, 0.3) is 5.56 Å². The minimum Gasteiger partial charge on any atom is -0.435 e. The summed E-state index contributed by atoms with van der Waals surface area (Å²) in [6, 6.07) is 10.2. The second-order valence-corrected chi connectivity index (χ2v) is 6.21. The van der Waals surface area contributed by atoms with Crippen LogP contribution in [-0.2, 0) is 12.8 Å². The normalized spacial score (nSPS) is 12.4. The van der Waals surface area contributed by atoms with Crippen LogP contribution >= 0.6 is 11.8 Å². The number of nitrogens with zero attached hydrogens (tertiary/aromatic N) is 1. The number of alkyl halides is 2. The van der Waals surface area contributed by atoms with Gasteiger partial charge in [-0.3, -0.25) is 4.79 Å². The Morgan fingerprint density at radius 2 is 1.91 bits per heavy atom. The summed E-state index contributed by atoms with van der Waals surface area (Å²) in [5.41, 5.74) is 1.97. The number of thioether (sulfide) groups is 1. The van der Waals surface area contributed by atoms with Crippen LogP contribution in [0.4, 0.5) is 8.78 Å². The molecule has 1 heterocycles. The maximum Gasteiger partial charge on any atom is 0.387 e. The van der Waals surface area contributed by atoms with E-state index in [2.05, 4.69) is 4.74 Å². The molecule has 6 heteroatoms. The zero-order chi connectivity index (χ0) is 16.1. The Morgan fingerprint density at radius 1 is 1.23 bits per heavy atom. The van der Waals surface area contributed by atoms with Gasteiger partial charge in [0.05, 0.1) is 0 Å². The number of halogens is 2. The molecule has 0 aliphatic heterocycles. The maximum absolute atomic E-state index is 12.1. The first-order valence-corrected chi connectivity index (χ1v) is 7.82. The van der Waals surface area contributed by atoms with Crippen LogP contribution in [0.2, 0.25) is 0 Å². The van der Waals surface area contributed by atoms with E-state index in [0.717, 1.165) is 11.1 Å². The van der Waals surface area contributed by atoms with Crippen molar-refractivity contribution in [2.24, 2.45) is 7.05 Å². The number of ether oxygens (including phenoxy) is 1. The van der Waals surface area contributed by atoms with Crippen molar-refractivity contribution < 1.29 is 13.5 Å². The average molecular weight is 325 g/mol. The van der Waals surface area contributed by atoms with E-state index in [4.69, 9.17) is 0 Å². The van der Waals surface area contributed by atoms with E-state index in [1.54, 1.807) is 43.2 Å². The topological polar surface area (TPSA) is 31.2 Å². The maximum atomic E-state index is 12.1. The number of hydrogen-bond acceptors (Lipinski definition) is 3. The van der Waals surface area contributed by atoms with Gasteiger partial charge >= 0.3 is 6.61 Å². The Morgan fingerprint density at radius 3 is 2.50 bits per heavy atom. The van der Waals surface area contributed by atoms with E-state index >= 15 is 0 Å². The van der Waals surface area contributed by atoms with Crippen LogP contribution in [-0.4, -0.2) is 11.2 Å². The summed E-state index contributed by atoms with van der Waals surface area (Å²) in [4.78, 5) is 11.6. The van der Waals surface area contributed by atoms with Crippen molar-refractivity contribution in [3.05, 3.63) is 64.1 Å². The van der Waals surface area contributed by atoms with Crippen molar-refractivity contribution >= 4 is 11.8 Å². The SMILES string of the molecule is CC(SCc1ccn(C)c(=O)c1)c1ccc(OC(F)F)cc1. The molecule has 1 aromatic heterocycles. The molecule has 0 aliphatic carbocycles. The van der Waals surface area contributed by atoms with Gasteiger partial charge in [0.15, 0.2) is 0 Å². The van der Waals surface area contributed by atoms with Crippen LogP contribution in [0.25, 0.3) is 0 Å². The van der Waals surface area contributed by atoms with Crippen molar-refractivity contribution in [3.8, 4) is 5.75 Å². The van der Waals surface area contributed by atoms with E-state index in [0.29, 0.717) is 5.75 Å². The second kappa shape index (κ2) is 7.45. The van der Waals surface area contributed by atoms with E-state index in [-0.39, 0.29) is 16.6 Å². The van der Waals surface area contributed by atoms with Crippen LogP contribution in [0.3, 0.4) is 0 Å². The summed E-state index contributed by atoms with van der Waals surface area (Å²) < 4.78 is 30.0. The predicted molar refractivity (Wildman–Crippen MR) is 84.5 cm³/mol. The van der Waals surface area contributed by atoms with E-state index in [1.165, 1.54) is 16.7 Å². The third kappa shape index (κ3) is 4.59. The molecule has 3 nitrogen and oxygen atoms in total. The summed E-state index contributed by atoms with van der Waals surface area (Å²) in [5, 5.41) is 0.185. The minimum absolute atomic E-state index is 0.0285. The smallest absolute Gasteiger partial charge is 0.387 e. The van der Waals surface area contributed by atoms with Gasteiger partial charge in [0.1, 0.15) is 5.75 Å². The molecule has 2 aromatic rings. The minimum atomic E-state index is -2.81. The van der Waals surface area contributed by atoms with Gasteiger partial charge in [0, 0.05) is 30.3 Å². The molecule has 0 bridgehead atoms. The Bertz CT molecular complexity index is 671. The lowest BCUT2D eigenvalue weighted by molar-refractivity contribution is -0.0498. The van der Waals surface area contributed by atoms with Crippen LogP contribution in [0, 0.1) is 0 Å². The largest absolute Gasteiger partial charge is 0.435 e. The van der Waals surface area contributed by atoms with Gasteiger partial charge in [-0.25, -0.2) is 0 Å². The molecule has 2 rings (SSSR count). The van der Waals surface area contributed by atoms with Crippen LogP contribution in [0.15, 0.2) is 47.4 Å². The molecule has 1 atom stereocenters. The third-order valence-electron chi connectivity index (χ3n) is 3.24.